The van der Waals surface area contributed by atoms with Crippen molar-refractivity contribution in [3.8, 4) is 0 Å². The summed E-state index contributed by atoms with van der Waals surface area (Å²) in [5.74, 6) is -0.816. The molecule has 10 heteroatoms. The smallest absolute Gasteiger partial charge is 0.251 e. The third kappa shape index (κ3) is 5.07. The summed E-state index contributed by atoms with van der Waals surface area (Å²) in [6, 6.07) is 5.79. The number of nitrogens with zero attached hydrogens (tertiary/aromatic N) is 1. The molecule has 2 aliphatic rings. The summed E-state index contributed by atoms with van der Waals surface area (Å²) in [4.78, 5) is 14.5. The van der Waals surface area contributed by atoms with Crippen LogP contribution in [-0.2, 0) is 24.4 Å². The van der Waals surface area contributed by atoms with Gasteiger partial charge in [-0.3, -0.25) is 9.69 Å². The fraction of sp³-hybridized carbons (Fsp3) is 0.588. The van der Waals surface area contributed by atoms with E-state index < -0.39 is 24.9 Å². The van der Waals surface area contributed by atoms with Gasteiger partial charge < -0.3 is 10.1 Å². The first-order valence-corrected chi connectivity index (χ1v) is 12.3. The quantitative estimate of drug-likeness (QED) is 0.678. The molecule has 150 valence electrons. The number of amides is 1. The molecule has 3 rings (SSSR count). The molecule has 0 saturated carbocycles. The predicted molar refractivity (Wildman–Crippen MR) is 100 cm³/mol. The Balaban J connectivity index is 1.63. The molecule has 1 atom stereocenters. The first-order chi connectivity index (χ1) is 12.8. The largest absolute Gasteiger partial charge is 0.379 e. The molecule has 2 aliphatic heterocycles. The van der Waals surface area contributed by atoms with Gasteiger partial charge in [0.05, 0.1) is 34.9 Å². The maximum atomic E-state index is 12.7. The summed E-state index contributed by atoms with van der Waals surface area (Å²) in [7, 11) is -7.09. The highest BCUT2D eigenvalue weighted by Crippen LogP contribution is 2.25. The van der Waals surface area contributed by atoms with E-state index in [0.29, 0.717) is 26.3 Å². The number of rotatable bonds is 6. The molecule has 0 radical (unpaired) electrons. The second-order valence-corrected chi connectivity index (χ2v) is 11.3. The monoisotopic (exact) mass is 416 g/mol. The van der Waals surface area contributed by atoms with Gasteiger partial charge in [-0.1, -0.05) is 6.07 Å². The van der Waals surface area contributed by atoms with Gasteiger partial charge in [0.1, 0.15) is 0 Å². The van der Waals surface area contributed by atoms with Crippen LogP contribution < -0.4 is 5.32 Å². The molecule has 27 heavy (non-hydrogen) atoms. The molecule has 1 amide bonds. The highest BCUT2D eigenvalue weighted by atomic mass is 32.2. The van der Waals surface area contributed by atoms with E-state index in [2.05, 4.69) is 10.2 Å². The number of nitrogens with one attached hydrogen (secondary N) is 1. The average molecular weight is 417 g/mol. The highest BCUT2D eigenvalue weighted by molar-refractivity contribution is 7.96. The highest BCUT2D eigenvalue weighted by Gasteiger charge is 2.38. The van der Waals surface area contributed by atoms with E-state index in [1.807, 2.05) is 0 Å². The number of hydrogen-bond donors (Lipinski definition) is 1. The van der Waals surface area contributed by atoms with Crippen LogP contribution in [0.3, 0.4) is 0 Å². The van der Waals surface area contributed by atoms with Crippen molar-refractivity contribution in [1.82, 2.24) is 10.2 Å². The van der Waals surface area contributed by atoms with E-state index in [4.69, 9.17) is 4.74 Å². The maximum Gasteiger partial charge on any atom is 0.251 e. The summed E-state index contributed by atoms with van der Waals surface area (Å²) in [6.45, 7) is 4.18. The topological polar surface area (TPSA) is 110 Å². The Bertz CT molecular complexity index is 892. The Morgan fingerprint density at radius 3 is 2.67 bits per heavy atom. The Kier molecular flexibility index (Phi) is 6.19. The van der Waals surface area contributed by atoms with Crippen LogP contribution in [0.25, 0.3) is 0 Å². The van der Waals surface area contributed by atoms with E-state index >= 15 is 0 Å². The molecule has 2 heterocycles. The third-order valence-corrected chi connectivity index (χ3v) is 9.04. The van der Waals surface area contributed by atoms with Gasteiger partial charge in [0, 0.05) is 31.7 Å². The molecule has 2 saturated heterocycles. The molecule has 1 aromatic rings. The van der Waals surface area contributed by atoms with Gasteiger partial charge in [-0.05, 0) is 24.6 Å². The Morgan fingerprint density at radius 2 is 2.00 bits per heavy atom. The molecule has 1 aromatic carbocycles. The lowest BCUT2D eigenvalue weighted by atomic mass is 10.2. The van der Waals surface area contributed by atoms with Gasteiger partial charge in [0.25, 0.3) is 5.91 Å². The summed E-state index contributed by atoms with van der Waals surface area (Å²) in [5, 5.41) is 1.85. The van der Waals surface area contributed by atoms with Crippen molar-refractivity contribution in [3.05, 3.63) is 29.8 Å². The lowest BCUT2D eigenvalue weighted by Crippen LogP contribution is -2.41. The van der Waals surface area contributed by atoms with Crippen molar-refractivity contribution in [2.45, 2.75) is 16.6 Å². The lowest BCUT2D eigenvalue weighted by Gasteiger charge is -2.26. The maximum absolute atomic E-state index is 12.7. The van der Waals surface area contributed by atoms with Crippen molar-refractivity contribution in [3.63, 3.8) is 0 Å². The van der Waals surface area contributed by atoms with Gasteiger partial charge in [0.15, 0.2) is 19.7 Å². The number of hydrogen-bond acceptors (Lipinski definition) is 7. The zero-order valence-electron chi connectivity index (χ0n) is 15.0. The lowest BCUT2D eigenvalue weighted by molar-refractivity contribution is 0.0383. The Labute approximate surface area is 159 Å². The fourth-order valence-corrected chi connectivity index (χ4v) is 7.67. The van der Waals surface area contributed by atoms with Crippen LogP contribution in [0, 0.1) is 0 Å². The number of sulfone groups is 2. The first-order valence-electron chi connectivity index (χ1n) is 8.91. The summed E-state index contributed by atoms with van der Waals surface area (Å²) < 4.78 is 53.9. The molecule has 8 nitrogen and oxygen atoms in total. The molecule has 0 aromatic heterocycles. The van der Waals surface area contributed by atoms with Gasteiger partial charge in [-0.25, -0.2) is 16.8 Å². The standard InChI is InChI=1S/C17H24N2O6S2/c20-17(18-5-6-19-7-9-25-10-8-19)14-2-1-3-15(12-14)27(23,24)16-4-11-26(21,22)13-16/h1-3,12,16H,4-11,13H2,(H,18,20). The number of carbonyl (C=O) groups excluding carboxylic acids is 1. The normalized spacial score (nSPS) is 23.2. The molecule has 0 spiro atoms. The third-order valence-electron chi connectivity index (χ3n) is 4.87. The number of ether oxygens (including phenoxy) is 1. The zero-order chi connectivity index (χ0) is 19.5. The van der Waals surface area contributed by atoms with Gasteiger partial charge >= 0.3 is 0 Å². The van der Waals surface area contributed by atoms with Crippen molar-refractivity contribution in [2.24, 2.45) is 0 Å². The SMILES string of the molecule is O=C(NCCN1CCOCC1)c1cccc(S(=O)(=O)C2CCS(=O)(=O)C2)c1. The van der Waals surface area contributed by atoms with Crippen molar-refractivity contribution < 1.29 is 26.4 Å². The van der Waals surface area contributed by atoms with Crippen LogP contribution in [0.4, 0.5) is 0 Å². The van der Waals surface area contributed by atoms with E-state index in [-0.39, 0.29) is 34.3 Å². The second-order valence-electron chi connectivity index (χ2n) is 6.81. The van der Waals surface area contributed by atoms with E-state index in [1.54, 1.807) is 6.07 Å². The van der Waals surface area contributed by atoms with E-state index in [0.717, 1.165) is 13.1 Å². The number of morpholine rings is 1. The van der Waals surface area contributed by atoms with Crippen LogP contribution in [0.2, 0.25) is 0 Å². The van der Waals surface area contributed by atoms with Crippen LogP contribution >= 0.6 is 0 Å². The average Bonchev–Trinajstić information content (AvgIpc) is 3.03. The van der Waals surface area contributed by atoms with Crippen LogP contribution in [0.1, 0.15) is 16.8 Å². The van der Waals surface area contributed by atoms with E-state index in [9.17, 15) is 21.6 Å². The van der Waals surface area contributed by atoms with Gasteiger partial charge in [-0.2, -0.15) is 0 Å². The molecular weight excluding hydrogens is 392 g/mol. The predicted octanol–water partition coefficient (Wildman–Crippen LogP) is -0.291. The zero-order valence-corrected chi connectivity index (χ0v) is 16.6. The molecule has 1 N–H and O–H groups in total. The fourth-order valence-electron chi connectivity index (χ4n) is 3.27. The second kappa shape index (κ2) is 8.26. The summed E-state index contributed by atoms with van der Waals surface area (Å²) in [6.07, 6.45) is 0.0979. The Morgan fingerprint density at radius 1 is 1.26 bits per heavy atom. The van der Waals surface area contributed by atoms with E-state index in [1.165, 1.54) is 18.2 Å². The molecule has 2 fully saturated rings. The number of benzene rings is 1. The summed E-state index contributed by atoms with van der Waals surface area (Å²) >= 11 is 0. The minimum absolute atomic E-state index is 0.00886. The Hall–Kier alpha value is -1.49. The van der Waals surface area contributed by atoms with Crippen LogP contribution in [-0.4, -0.2) is 83.8 Å². The summed E-state index contributed by atoms with van der Waals surface area (Å²) in [5.41, 5.74) is 0.249. The molecule has 0 aliphatic carbocycles. The van der Waals surface area contributed by atoms with Gasteiger partial charge in [0.2, 0.25) is 0 Å². The van der Waals surface area contributed by atoms with Gasteiger partial charge in [-0.15, -0.1) is 0 Å². The molecule has 1 unspecified atom stereocenters. The van der Waals surface area contributed by atoms with Crippen molar-refractivity contribution >= 4 is 25.6 Å². The van der Waals surface area contributed by atoms with Crippen molar-refractivity contribution in [2.75, 3.05) is 50.9 Å². The molecular formula is C17H24N2O6S2. The van der Waals surface area contributed by atoms with Crippen LogP contribution in [0.5, 0.6) is 0 Å². The minimum Gasteiger partial charge on any atom is -0.379 e. The number of carbonyl (C=O) groups is 1. The van der Waals surface area contributed by atoms with Crippen molar-refractivity contribution in [1.29, 1.82) is 0 Å². The van der Waals surface area contributed by atoms with Crippen LogP contribution in [0.15, 0.2) is 29.2 Å². The first kappa shape index (κ1) is 20.2. The minimum atomic E-state index is -3.78. The molecule has 0 bridgehead atoms.